The number of aromatic nitrogens is 1. The maximum Gasteiger partial charge on any atom is 0.0460 e. The van der Waals surface area contributed by atoms with Crippen LogP contribution in [0.2, 0.25) is 5.02 Å². The minimum atomic E-state index is -0.0615. The van der Waals surface area contributed by atoms with E-state index in [2.05, 4.69) is 4.98 Å². The Labute approximate surface area is 87.7 Å². The molecule has 72 valence electrons. The molecule has 1 aromatic carbocycles. The van der Waals surface area contributed by atoms with E-state index in [9.17, 15) is 0 Å². The molecule has 0 fully saturated rings. The lowest BCUT2D eigenvalue weighted by atomic mass is 10.0. The molecular formula is C11H11ClN2. The third kappa shape index (κ3) is 1.47. The maximum atomic E-state index is 6.10. The zero-order valence-corrected chi connectivity index (χ0v) is 8.62. The van der Waals surface area contributed by atoms with Crippen molar-refractivity contribution in [2.75, 3.05) is 0 Å². The Morgan fingerprint density at radius 3 is 2.86 bits per heavy atom. The van der Waals surface area contributed by atoms with E-state index in [0.29, 0.717) is 0 Å². The van der Waals surface area contributed by atoms with Crippen LogP contribution in [-0.2, 0) is 0 Å². The summed E-state index contributed by atoms with van der Waals surface area (Å²) in [4.78, 5) is 4.06. The topological polar surface area (TPSA) is 38.9 Å². The van der Waals surface area contributed by atoms with Crippen LogP contribution in [0.4, 0.5) is 0 Å². The van der Waals surface area contributed by atoms with E-state index in [4.69, 9.17) is 17.3 Å². The van der Waals surface area contributed by atoms with Crippen molar-refractivity contribution in [1.29, 1.82) is 0 Å². The molecule has 2 rings (SSSR count). The van der Waals surface area contributed by atoms with Crippen molar-refractivity contribution in [2.45, 2.75) is 13.0 Å². The van der Waals surface area contributed by atoms with Crippen LogP contribution in [-0.4, -0.2) is 4.98 Å². The van der Waals surface area contributed by atoms with Gasteiger partial charge in [-0.25, -0.2) is 0 Å². The number of nitrogens with two attached hydrogens (primary N) is 1. The zero-order valence-electron chi connectivity index (χ0n) is 7.87. The Morgan fingerprint density at radius 2 is 2.14 bits per heavy atom. The van der Waals surface area contributed by atoms with Crippen molar-refractivity contribution in [3.05, 3.63) is 41.2 Å². The number of nitrogens with zero attached hydrogens (tertiary/aromatic N) is 1. The summed E-state index contributed by atoms with van der Waals surface area (Å²) in [5.74, 6) is 0. The first kappa shape index (κ1) is 9.44. The van der Waals surface area contributed by atoms with Gasteiger partial charge >= 0.3 is 0 Å². The summed E-state index contributed by atoms with van der Waals surface area (Å²) < 4.78 is 0. The van der Waals surface area contributed by atoms with Crippen LogP contribution in [0.25, 0.3) is 10.8 Å². The number of rotatable bonds is 1. The molecule has 0 amide bonds. The van der Waals surface area contributed by atoms with E-state index in [-0.39, 0.29) is 6.04 Å². The Kier molecular flexibility index (Phi) is 2.40. The van der Waals surface area contributed by atoms with Gasteiger partial charge in [-0.05, 0) is 30.0 Å². The third-order valence-corrected chi connectivity index (χ3v) is 2.59. The summed E-state index contributed by atoms with van der Waals surface area (Å²) in [6.45, 7) is 1.93. The monoisotopic (exact) mass is 206 g/mol. The molecule has 3 heteroatoms. The van der Waals surface area contributed by atoms with Crippen molar-refractivity contribution < 1.29 is 0 Å². The van der Waals surface area contributed by atoms with Crippen LogP contribution in [0.15, 0.2) is 30.6 Å². The van der Waals surface area contributed by atoms with Gasteiger partial charge in [-0.2, -0.15) is 0 Å². The highest BCUT2D eigenvalue weighted by atomic mass is 35.5. The normalized spacial score (nSPS) is 13.1. The molecule has 14 heavy (non-hydrogen) atoms. The van der Waals surface area contributed by atoms with E-state index >= 15 is 0 Å². The van der Waals surface area contributed by atoms with Gasteiger partial charge in [0, 0.05) is 28.8 Å². The van der Waals surface area contributed by atoms with Crippen molar-refractivity contribution in [3.8, 4) is 0 Å². The van der Waals surface area contributed by atoms with Gasteiger partial charge in [-0.1, -0.05) is 17.7 Å². The molecule has 1 aromatic heterocycles. The zero-order chi connectivity index (χ0) is 10.1. The highest BCUT2D eigenvalue weighted by Gasteiger charge is 2.09. The fraction of sp³-hybridized carbons (Fsp3) is 0.182. The smallest absolute Gasteiger partial charge is 0.0460 e. The Balaban J connectivity index is 2.83. The second-order valence-electron chi connectivity index (χ2n) is 3.35. The van der Waals surface area contributed by atoms with Gasteiger partial charge in [-0.3, -0.25) is 4.98 Å². The third-order valence-electron chi connectivity index (χ3n) is 2.26. The molecule has 0 aliphatic carbocycles. The minimum Gasteiger partial charge on any atom is -0.324 e. The van der Waals surface area contributed by atoms with Gasteiger partial charge < -0.3 is 5.73 Å². The van der Waals surface area contributed by atoms with E-state index < -0.39 is 0 Å². The molecule has 0 saturated carbocycles. The quantitative estimate of drug-likeness (QED) is 0.779. The Hall–Kier alpha value is -1.12. The molecule has 1 unspecified atom stereocenters. The number of halogens is 1. The molecule has 1 atom stereocenters. The van der Waals surface area contributed by atoms with Gasteiger partial charge in [0.05, 0.1) is 0 Å². The number of pyridine rings is 1. The standard InChI is InChI=1S/C11H11ClN2/c1-7(13)11-9-4-5-14-6-8(9)2-3-10(11)12/h2-7H,13H2,1H3. The fourth-order valence-electron chi connectivity index (χ4n) is 1.63. The number of fused-ring (bicyclic) bond motifs is 1. The van der Waals surface area contributed by atoms with E-state index in [1.807, 2.05) is 31.3 Å². The van der Waals surface area contributed by atoms with Crippen LogP contribution >= 0.6 is 11.6 Å². The van der Waals surface area contributed by atoms with Gasteiger partial charge in [-0.15, -0.1) is 0 Å². The summed E-state index contributed by atoms with van der Waals surface area (Å²) in [7, 11) is 0. The van der Waals surface area contributed by atoms with Gasteiger partial charge in [0.25, 0.3) is 0 Å². The lowest BCUT2D eigenvalue weighted by Crippen LogP contribution is -2.06. The number of benzene rings is 1. The second-order valence-corrected chi connectivity index (χ2v) is 3.75. The van der Waals surface area contributed by atoms with Crippen molar-refractivity contribution in [3.63, 3.8) is 0 Å². The molecule has 0 saturated heterocycles. The van der Waals surface area contributed by atoms with Crippen LogP contribution in [0, 0.1) is 0 Å². The van der Waals surface area contributed by atoms with Gasteiger partial charge in [0.1, 0.15) is 0 Å². The molecule has 0 radical (unpaired) electrons. The van der Waals surface area contributed by atoms with Crippen molar-refractivity contribution in [1.82, 2.24) is 4.98 Å². The predicted octanol–water partition coefficient (Wildman–Crippen LogP) is 2.91. The first-order chi connectivity index (χ1) is 6.70. The second kappa shape index (κ2) is 3.56. The van der Waals surface area contributed by atoms with Crippen LogP contribution in [0.5, 0.6) is 0 Å². The molecule has 2 aromatic rings. The fourth-order valence-corrected chi connectivity index (χ4v) is 1.97. The van der Waals surface area contributed by atoms with E-state index in [1.165, 1.54) is 0 Å². The largest absolute Gasteiger partial charge is 0.324 e. The lowest BCUT2D eigenvalue weighted by Gasteiger charge is -2.11. The van der Waals surface area contributed by atoms with Gasteiger partial charge in [0.15, 0.2) is 0 Å². The lowest BCUT2D eigenvalue weighted by molar-refractivity contribution is 0.827. The van der Waals surface area contributed by atoms with Crippen LogP contribution in [0.1, 0.15) is 18.5 Å². The summed E-state index contributed by atoms with van der Waals surface area (Å²) in [6, 6.07) is 5.70. The van der Waals surface area contributed by atoms with Crippen molar-refractivity contribution >= 4 is 22.4 Å². The molecule has 0 aliphatic rings. The average Bonchev–Trinajstić information content (AvgIpc) is 2.17. The first-order valence-electron chi connectivity index (χ1n) is 4.48. The summed E-state index contributed by atoms with van der Waals surface area (Å²) in [6.07, 6.45) is 3.57. The minimum absolute atomic E-state index is 0.0615. The van der Waals surface area contributed by atoms with Crippen LogP contribution < -0.4 is 5.73 Å². The number of hydrogen-bond acceptors (Lipinski definition) is 2. The summed E-state index contributed by atoms with van der Waals surface area (Å²) >= 11 is 6.10. The van der Waals surface area contributed by atoms with Crippen LogP contribution in [0.3, 0.4) is 0 Å². The maximum absolute atomic E-state index is 6.10. The Morgan fingerprint density at radius 1 is 1.36 bits per heavy atom. The van der Waals surface area contributed by atoms with Gasteiger partial charge in [0.2, 0.25) is 0 Å². The SMILES string of the molecule is CC(N)c1c(Cl)ccc2cnccc12. The predicted molar refractivity (Wildman–Crippen MR) is 59.4 cm³/mol. The molecule has 2 nitrogen and oxygen atoms in total. The van der Waals surface area contributed by atoms with E-state index in [1.54, 1.807) is 6.20 Å². The molecule has 1 heterocycles. The van der Waals surface area contributed by atoms with Crippen molar-refractivity contribution in [2.24, 2.45) is 5.73 Å². The average molecular weight is 207 g/mol. The highest BCUT2D eigenvalue weighted by molar-refractivity contribution is 6.32. The summed E-state index contributed by atoms with van der Waals surface area (Å²) in [5, 5.41) is 2.88. The molecule has 0 aliphatic heterocycles. The molecule has 0 bridgehead atoms. The Bertz CT molecular complexity index is 466. The summed E-state index contributed by atoms with van der Waals surface area (Å²) in [5.41, 5.74) is 6.87. The number of hydrogen-bond donors (Lipinski definition) is 1. The molecular weight excluding hydrogens is 196 g/mol. The van der Waals surface area contributed by atoms with E-state index in [0.717, 1.165) is 21.4 Å². The first-order valence-corrected chi connectivity index (χ1v) is 4.85. The highest BCUT2D eigenvalue weighted by Crippen LogP contribution is 2.29. The molecule has 2 N–H and O–H groups in total. The molecule has 0 spiro atoms.